The minimum atomic E-state index is 0.560. The molecule has 0 aliphatic carbocycles. The molecule has 0 amide bonds. The van der Waals surface area contributed by atoms with Crippen molar-refractivity contribution in [3.8, 4) is 16.9 Å². The Morgan fingerprint density at radius 1 is 0.950 bits per heavy atom. The van der Waals surface area contributed by atoms with E-state index < -0.39 is 0 Å². The smallest absolute Gasteiger partial charge is 0.175 e. The SMILES string of the molecule is CSc1nc(N)c(-c2ccccc2)n1-c1ccccc1. The van der Waals surface area contributed by atoms with Gasteiger partial charge in [-0.1, -0.05) is 60.3 Å². The zero-order chi connectivity index (χ0) is 13.9. The molecule has 20 heavy (non-hydrogen) atoms. The molecule has 1 aromatic heterocycles. The summed E-state index contributed by atoms with van der Waals surface area (Å²) >= 11 is 1.59. The zero-order valence-corrected chi connectivity index (χ0v) is 12.0. The molecule has 3 nitrogen and oxygen atoms in total. The van der Waals surface area contributed by atoms with Crippen LogP contribution in [-0.4, -0.2) is 15.8 Å². The number of benzene rings is 2. The van der Waals surface area contributed by atoms with Crippen molar-refractivity contribution in [2.45, 2.75) is 5.16 Å². The first-order valence-corrected chi connectivity index (χ1v) is 7.57. The topological polar surface area (TPSA) is 43.8 Å². The highest BCUT2D eigenvalue weighted by Gasteiger charge is 2.17. The van der Waals surface area contributed by atoms with Gasteiger partial charge in [0, 0.05) is 11.3 Å². The molecule has 0 radical (unpaired) electrons. The highest BCUT2D eigenvalue weighted by Crippen LogP contribution is 2.33. The van der Waals surface area contributed by atoms with Gasteiger partial charge < -0.3 is 5.73 Å². The second kappa shape index (κ2) is 5.43. The van der Waals surface area contributed by atoms with Crippen LogP contribution in [0.1, 0.15) is 0 Å². The number of nitrogens with zero attached hydrogens (tertiary/aromatic N) is 2. The van der Waals surface area contributed by atoms with Crippen molar-refractivity contribution in [2.24, 2.45) is 0 Å². The van der Waals surface area contributed by atoms with Crippen molar-refractivity contribution < 1.29 is 0 Å². The molecule has 0 aliphatic heterocycles. The van der Waals surface area contributed by atoms with Crippen molar-refractivity contribution in [1.82, 2.24) is 9.55 Å². The molecule has 0 spiro atoms. The van der Waals surface area contributed by atoms with Gasteiger partial charge in [-0.25, -0.2) is 4.98 Å². The molecule has 0 saturated carbocycles. The van der Waals surface area contributed by atoms with Crippen LogP contribution in [0.5, 0.6) is 0 Å². The number of nitrogens with two attached hydrogens (primary N) is 1. The van der Waals surface area contributed by atoms with Crippen molar-refractivity contribution in [1.29, 1.82) is 0 Å². The molecule has 0 atom stereocenters. The Morgan fingerprint density at radius 3 is 2.15 bits per heavy atom. The number of para-hydroxylation sites is 1. The molecule has 4 heteroatoms. The van der Waals surface area contributed by atoms with E-state index in [4.69, 9.17) is 5.73 Å². The summed E-state index contributed by atoms with van der Waals surface area (Å²) < 4.78 is 2.11. The van der Waals surface area contributed by atoms with E-state index in [2.05, 4.69) is 33.8 Å². The first-order valence-electron chi connectivity index (χ1n) is 6.34. The van der Waals surface area contributed by atoms with Gasteiger partial charge in [-0.2, -0.15) is 0 Å². The fraction of sp³-hybridized carbons (Fsp3) is 0.0625. The second-order valence-corrected chi connectivity index (χ2v) is 5.14. The summed E-state index contributed by atoms with van der Waals surface area (Å²) in [4.78, 5) is 4.49. The van der Waals surface area contributed by atoms with Crippen molar-refractivity contribution in [2.75, 3.05) is 12.0 Å². The first kappa shape index (κ1) is 12.8. The highest BCUT2D eigenvalue weighted by molar-refractivity contribution is 7.98. The molecule has 0 fully saturated rings. The predicted octanol–water partition coefficient (Wildman–Crippen LogP) is 3.84. The van der Waals surface area contributed by atoms with E-state index in [0.717, 1.165) is 22.1 Å². The number of rotatable bonds is 3. The van der Waals surface area contributed by atoms with E-state index >= 15 is 0 Å². The number of hydrogen-bond acceptors (Lipinski definition) is 3. The minimum Gasteiger partial charge on any atom is -0.382 e. The van der Waals surface area contributed by atoms with Crippen LogP contribution in [0.4, 0.5) is 5.82 Å². The van der Waals surface area contributed by atoms with E-state index in [0.29, 0.717) is 5.82 Å². The number of imidazole rings is 1. The molecule has 2 aromatic carbocycles. The molecule has 3 aromatic rings. The summed E-state index contributed by atoms with van der Waals surface area (Å²) in [6.45, 7) is 0. The summed E-state index contributed by atoms with van der Waals surface area (Å²) in [5.41, 5.74) is 9.23. The van der Waals surface area contributed by atoms with Crippen LogP contribution in [0.15, 0.2) is 65.8 Å². The van der Waals surface area contributed by atoms with E-state index in [1.165, 1.54) is 0 Å². The summed E-state index contributed by atoms with van der Waals surface area (Å²) in [7, 11) is 0. The summed E-state index contributed by atoms with van der Waals surface area (Å²) in [6, 6.07) is 20.3. The summed E-state index contributed by atoms with van der Waals surface area (Å²) in [6.07, 6.45) is 2.01. The standard InChI is InChI=1S/C16H15N3S/c1-20-16-18-15(17)14(12-8-4-2-5-9-12)19(16)13-10-6-3-7-11-13/h2-11H,17H2,1H3. The Hall–Kier alpha value is -2.20. The lowest BCUT2D eigenvalue weighted by Gasteiger charge is -2.11. The van der Waals surface area contributed by atoms with E-state index in [1.807, 2.05) is 42.7 Å². The van der Waals surface area contributed by atoms with Gasteiger partial charge in [0.2, 0.25) is 0 Å². The second-order valence-electron chi connectivity index (χ2n) is 4.37. The third kappa shape index (κ3) is 2.18. The van der Waals surface area contributed by atoms with Crippen LogP contribution in [0, 0.1) is 0 Å². The number of aromatic nitrogens is 2. The molecule has 3 rings (SSSR count). The lowest BCUT2D eigenvalue weighted by Crippen LogP contribution is -1.99. The molecule has 1 heterocycles. The van der Waals surface area contributed by atoms with Gasteiger partial charge in [0.1, 0.15) is 0 Å². The minimum absolute atomic E-state index is 0.560. The maximum Gasteiger partial charge on any atom is 0.175 e. The van der Waals surface area contributed by atoms with Gasteiger partial charge in [-0.15, -0.1) is 0 Å². The van der Waals surface area contributed by atoms with Crippen LogP contribution in [0.25, 0.3) is 16.9 Å². The summed E-state index contributed by atoms with van der Waals surface area (Å²) in [5, 5.41) is 0.896. The van der Waals surface area contributed by atoms with E-state index in [-0.39, 0.29) is 0 Å². The Labute approximate surface area is 122 Å². The van der Waals surface area contributed by atoms with Gasteiger partial charge in [-0.05, 0) is 18.4 Å². The average Bonchev–Trinajstić information content (AvgIpc) is 2.85. The third-order valence-corrected chi connectivity index (χ3v) is 3.76. The number of anilines is 1. The zero-order valence-electron chi connectivity index (χ0n) is 11.2. The van der Waals surface area contributed by atoms with Crippen LogP contribution >= 0.6 is 11.8 Å². The highest BCUT2D eigenvalue weighted by atomic mass is 32.2. The van der Waals surface area contributed by atoms with Gasteiger partial charge >= 0.3 is 0 Å². The fourth-order valence-electron chi connectivity index (χ4n) is 2.24. The fourth-order valence-corrected chi connectivity index (χ4v) is 2.81. The van der Waals surface area contributed by atoms with Crippen molar-refractivity contribution in [3.05, 3.63) is 60.7 Å². The maximum absolute atomic E-state index is 6.14. The quantitative estimate of drug-likeness (QED) is 0.742. The van der Waals surface area contributed by atoms with E-state index in [1.54, 1.807) is 11.8 Å². The normalized spacial score (nSPS) is 10.7. The first-order chi connectivity index (χ1) is 9.81. The number of thioether (sulfide) groups is 1. The Kier molecular flexibility index (Phi) is 3.48. The monoisotopic (exact) mass is 281 g/mol. The predicted molar refractivity (Wildman–Crippen MR) is 85.2 cm³/mol. The van der Waals surface area contributed by atoms with Crippen LogP contribution < -0.4 is 5.73 Å². The number of hydrogen-bond donors (Lipinski definition) is 1. The molecule has 0 aliphatic rings. The molecule has 0 bridgehead atoms. The lowest BCUT2D eigenvalue weighted by atomic mass is 10.1. The molecular formula is C16H15N3S. The van der Waals surface area contributed by atoms with Crippen molar-refractivity contribution in [3.63, 3.8) is 0 Å². The third-order valence-electron chi connectivity index (χ3n) is 3.12. The van der Waals surface area contributed by atoms with Gasteiger partial charge in [0.25, 0.3) is 0 Å². The molecule has 0 unspecified atom stereocenters. The van der Waals surface area contributed by atoms with Crippen molar-refractivity contribution >= 4 is 17.6 Å². The Balaban J connectivity index is 2.27. The molecule has 2 N–H and O–H groups in total. The average molecular weight is 281 g/mol. The van der Waals surface area contributed by atoms with Crippen LogP contribution in [-0.2, 0) is 0 Å². The molecular weight excluding hydrogens is 266 g/mol. The maximum atomic E-state index is 6.14. The molecule has 100 valence electrons. The molecule has 0 saturated heterocycles. The largest absolute Gasteiger partial charge is 0.382 e. The number of nitrogen functional groups attached to an aromatic ring is 1. The van der Waals surface area contributed by atoms with E-state index in [9.17, 15) is 0 Å². The summed E-state index contributed by atoms with van der Waals surface area (Å²) in [5.74, 6) is 0.560. The van der Waals surface area contributed by atoms with Crippen LogP contribution in [0.3, 0.4) is 0 Å². The lowest BCUT2D eigenvalue weighted by molar-refractivity contribution is 0.904. The Bertz CT molecular complexity index is 705. The van der Waals surface area contributed by atoms with Crippen LogP contribution in [0.2, 0.25) is 0 Å². The van der Waals surface area contributed by atoms with Gasteiger partial charge in [0.05, 0.1) is 5.69 Å². The Morgan fingerprint density at radius 2 is 1.55 bits per heavy atom. The van der Waals surface area contributed by atoms with Gasteiger partial charge in [0.15, 0.2) is 11.0 Å². The van der Waals surface area contributed by atoms with Gasteiger partial charge in [-0.3, -0.25) is 4.57 Å².